The molecule has 0 radical (unpaired) electrons. The van der Waals surface area contributed by atoms with Crippen molar-refractivity contribution >= 4 is 0 Å². The lowest BCUT2D eigenvalue weighted by molar-refractivity contribution is 0.328. The standard InChI is InChI=1S/C16H25NO/c1-11-6-7-13(14(18-5)12(11)2)16(17)9-8-15(3,4)10-16/h6-7H,8-10,17H2,1-5H3. The van der Waals surface area contributed by atoms with Crippen molar-refractivity contribution in [3.05, 3.63) is 28.8 Å². The number of hydrogen-bond acceptors (Lipinski definition) is 2. The Hall–Kier alpha value is -1.02. The van der Waals surface area contributed by atoms with Crippen LogP contribution in [-0.2, 0) is 5.54 Å². The number of ether oxygens (including phenoxy) is 1. The molecule has 2 nitrogen and oxygen atoms in total. The highest BCUT2D eigenvalue weighted by Gasteiger charge is 2.43. The van der Waals surface area contributed by atoms with Crippen molar-refractivity contribution < 1.29 is 4.74 Å². The van der Waals surface area contributed by atoms with Crippen molar-refractivity contribution in [3.63, 3.8) is 0 Å². The lowest BCUT2D eigenvalue weighted by atomic mass is 9.82. The molecule has 2 rings (SSSR count). The van der Waals surface area contributed by atoms with E-state index in [4.69, 9.17) is 10.5 Å². The maximum atomic E-state index is 6.67. The summed E-state index contributed by atoms with van der Waals surface area (Å²) in [6.07, 6.45) is 3.25. The van der Waals surface area contributed by atoms with Crippen LogP contribution in [0, 0.1) is 19.3 Å². The maximum Gasteiger partial charge on any atom is 0.127 e. The molecule has 0 bridgehead atoms. The van der Waals surface area contributed by atoms with E-state index in [2.05, 4.69) is 39.8 Å². The molecular weight excluding hydrogens is 222 g/mol. The van der Waals surface area contributed by atoms with Gasteiger partial charge in [-0.2, -0.15) is 0 Å². The van der Waals surface area contributed by atoms with E-state index in [9.17, 15) is 0 Å². The van der Waals surface area contributed by atoms with E-state index in [1.165, 1.54) is 23.1 Å². The monoisotopic (exact) mass is 247 g/mol. The molecule has 1 aliphatic carbocycles. The lowest BCUT2D eigenvalue weighted by Crippen LogP contribution is -2.35. The van der Waals surface area contributed by atoms with Crippen molar-refractivity contribution in [1.29, 1.82) is 0 Å². The summed E-state index contributed by atoms with van der Waals surface area (Å²) in [4.78, 5) is 0. The molecule has 0 aromatic heterocycles. The van der Waals surface area contributed by atoms with E-state index in [0.29, 0.717) is 5.41 Å². The van der Waals surface area contributed by atoms with Crippen LogP contribution >= 0.6 is 0 Å². The topological polar surface area (TPSA) is 35.2 Å². The van der Waals surface area contributed by atoms with Gasteiger partial charge in [-0.25, -0.2) is 0 Å². The molecule has 0 amide bonds. The molecule has 1 unspecified atom stereocenters. The van der Waals surface area contributed by atoms with Gasteiger partial charge in [0.05, 0.1) is 7.11 Å². The zero-order valence-electron chi connectivity index (χ0n) is 12.3. The molecule has 18 heavy (non-hydrogen) atoms. The highest BCUT2D eigenvalue weighted by molar-refractivity contribution is 5.49. The molecule has 0 aliphatic heterocycles. The number of methoxy groups -OCH3 is 1. The summed E-state index contributed by atoms with van der Waals surface area (Å²) < 4.78 is 5.62. The molecule has 1 fully saturated rings. The van der Waals surface area contributed by atoms with Crippen LogP contribution in [0.5, 0.6) is 5.75 Å². The van der Waals surface area contributed by atoms with Crippen LogP contribution in [0.1, 0.15) is 49.8 Å². The molecule has 1 saturated carbocycles. The van der Waals surface area contributed by atoms with Gasteiger partial charge in [0.25, 0.3) is 0 Å². The van der Waals surface area contributed by atoms with Crippen LogP contribution in [0.4, 0.5) is 0 Å². The van der Waals surface area contributed by atoms with E-state index in [0.717, 1.165) is 18.6 Å². The minimum absolute atomic E-state index is 0.229. The Balaban J connectivity index is 2.49. The molecule has 1 atom stereocenters. The Labute approximate surface area is 111 Å². The smallest absolute Gasteiger partial charge is 0.127 e. The largest absolute Gasteiger partial charge is 0.496 e. The second-order valence-corrected chi connectivity index (χ2v) is 6.59. The van der Waals surface area contributed by atoms with Crippen LogP contribution in [0.3, 0.4) is 0 Å². The first kappa shape index (κ1) is 13.4. The van der Waals surface area contributed by atoms with Crippen molar-refractivity contribution in [3.8, 4) is 5.75 Å². The van der Waals surface area contributed by atoms with Crippen LogP contribution in [0.2, 0.25) is 0 Å². The van der Waals surface area contributed by atoms with Gasteiger partial charge in [-0.15, -0.1) is 0 Å². The minimum Gasteiger partial charge on any atom is -0.496 e. The van der Waals surface area contributed by atoms with Gasteiger partial charge in [-0.05, 0) is 49.7 Å². The Morgan fingerprint density at radius 2 is 1.83 bits per heavy atom. The predicted molar refractivity (Wildman–Crippen MR) is 76.0 cm³/mol. The van der Waals surface area contributed by atoms with Crippen LogP contribution in [0.15, 0.2) is 12.1 Å². The van der Waals surface area contributed by atoms with Crippen LogP contribution in [-0.4, -0.2) is 7.11 Å². The molecule has 2 heteroatoms. The number of hydrogen-bond donors (Lipinski definition) is 1. The van der Waals surface area contributed by atoms with Crippen molar-refractivity contribution in [2.45, 2.75) is 52.5 Å². The van der Waals surface area contributed by atoms with E-state index in [1.54, 1.807) is 7.11 Å². The molecule has 0 heterocycles. The number of aryl methyl sites for hydroxylation is 1. The van der Waals surface area contributed by atoms with Gasteiger partial charge in [-0.1, -0.05) is 26.0 Å². The van der Waals surface area contributed by atoms with Gasteiger partial charge in [-0.3, -0.25) is 0 Å². The summed E-state index contributed by atoms with van der Waals surface area (Å²) in [5.41, 5.74) is 10.4. The van der Waals surface area contributed by atoms with Gasteiger partial charge in [0.1, 0.15) is 5.75 Å². The van der Waals surface area contributed by atoms with Crippen LogP contribution in [0.25, 0.3) is 0 Å². The second kappa shape index (κ2) is 4.27. The summed E-state index contributed by atoms with van der Waals surface area (Å²) in [6.45, 7) is 8.83. The number of nitrogens with two attached hydrogens (primary N) is 1. The van der Waals surface area contributed by atoms with E-state index >= 15 is 0 Å². The third kappa shape index (κ3) is 2.14. The first-order valence-electron chi connectivity index (χ1n) is 6.73. The molecule has 0 spiro atoms. The molecule has 1 aliphatic rings. The van der Waals surface area contributed by atoms with Gasteiger partial charge in [0, 0.05) is 11.1 Å². The Morgan fingerprint density at radius 3 is 2.33 bits per heavy atom. The molecule has 1 aromatic carbocycles. The zero-order chi connectivity index (χ0) is 13.6. The summed E-state index contributed by atoms with van der Waals surface area (Å²) in [5.74, 6) is 0.982. The summed E-state index contributed by atoms with van der Waals surface area (Å²) >= 11 is 0. The van der Waals surface area contributed by atoms with Crippen molar-refractivity contribution in [2.75, 3.05) is 7.11 Å². The van der Waals surface area contributed by atoms with Gasteiger partial charge in [0.2, 0.25) is 0 Å². The van der Waals surface area contributed by atoms with Gasteiger partial charge in [0.15, 0.2) is 0 Å². The Morgan fingerprint density at radius 1 is 1.17 bits per heavy atom. The summed E-state index contributed by atoms with van der Waals surface area (Å²) in [5, 5.41) is 0. The zero-order valence-corrected chi connectivity index (χ0v) is 12.3. The summed E-state index contributed by atoms with van der Waals surface area (Å²) in [6, 6.07) is 4.32. The fraction of sp³-hybridized carbons (Fsp3) is 0.625. The van der Waals surface area contributed by atoms with Gasteiger partial charge >= 0.3 is 0 Å². The third-order valence-corrected chi connectivity index (χ3v) is 4.46. The number of rotatable bonds is 2. The Bertz CT molecular complexity index is 464. The highest BCUT2D eigenvalue weighted by atomic mass is 16.5. The van der Waals surface area contributed by atoms with Crippen LogP contribution < -0.4 is 10.5 Å². The predicted octanol–water partition coefficient (Wildman–Crippen LogP) is 3.68. The lowest BCUT2D eigenvalue weighted by Gasteiger charge is -2.29. The van der Waals surface area contributed by atoms with E-state index in [-0.39, 0.29) is 5.54 Å². The quantitative estimate of drug-likeness (QED) is 0.865. The van der Waals surface area contributed by atoms with Gasteiger partial charge < -0.3 is 10.5 Å². The van der Waals surface area contributed by atoms with Crippen molar-refractivity contribution in [2.24, 2.45) is 11.1 Å². The van der Waals surface area contributed by atoms with E-state index < -0.39 is 0 Å². The van der Waals surface area contributed by atoms with Crippen molar-refractivity contribution in [1.82, 2.24) is 0 Å². The molecular formula is C16H25NO. The average molecular weight is 247 g/mol. The second-order valence-electron chi connectivity index (χ2n) is 6.59. The molecule has 2 N–H and O–H groups in total. The Kier molecular flexibility index (Phi) is 3.18. The first-order valence-corrected chi connectivity index (χ1v) is 6.73. The number of benzene rings is 1. The fourth-order valence-electron chi connectivity index (χ4n) is 3.27. The maximum absolute atomic E-state index is 6.67. The fourth-order valence-corrected chi connectivity index (χ4v) is 3.27. The summed E-state index contributed by atoms with van der Waals surface area (Å²) in [7, 11) is 1.74. The average Bonchev–Trinajstić information content (AvgIpc) is 2.57. The molecule has 0 saturated heterocycles. The minimum atomic E-state index is -0.229. The highest BCUT2D eigenvalue weighted by Crippen LogP contribution is 2.50. The normalized spacial score (nSPS) is 26.3. The molecule has 1 aromatic rings. The molecule has 100 valence electrons. The third-order valence-electron chi connectivity index (χ3n) is 4.46. The SMILES string of the molecule is COc1c(C2(N)CCC(C)(C)C2)ccc(C)c1C. The first-order chi connectivity index (χ1) is 8.29. The van der Waals surface area contributed by atoms with E-state index in [1.807, 2.05) is 0 Å².